The van der Waals surface area contributed by atoms with Gasteiger partial charge in [0.1, 0.15) is 0 Å². The molecular weight excluding hydrogens is 292 g/mol. The van der Waals surface area contributed by atoms with Crippen LogP contribution in [0.2, 0.25) is 4.34 Å². The van der Waals surface area contributed by atoms with Crippen LogP contribution in [0.1, 0.15) is 10.4 Å². The minimum atomic E-state index is -0.516. The Balaban J connectivity index is 1.92. The summed E-state index contributed by atoms with van der Waals surface area (Å²) in [4.78, 5) is 14.9. The van der Waals surface area contributed by atoms with Crippen molar-refractivity contribution in [3.63, 3.8) is 0 Å². The van der Waals surface area contributed by atoms with E-state index in [2.05, 4.69) is 0 Å². The third-order valence-electron chi connectivity index (χ3n) is 3.01. The van der Waals surface area contributed by atoms with Gasteiger partial charge in [-0.3, -0.25) is 4.79 Å². The van der Waals surface area contributed by atoms with Crippen molar-refractivity contribution in [3.05, 3.63) is 57.2 Å². The summed E-state index contributed by atoms with van der Waals surface area (Å²) in [6.45, 7) is 0.540. The van der Waals surface area contributed by atoms with Crippen LogP contribution in [-0.2, 0) is 17.8 Å². The minimum absolute atomic E-state index is 0.0571. The van der Waals surface area contributed by atoms with E-state index in [0.29, 0.717) is 13.0 Å². The van der Waals surface area contributed by atoms with Crippen molar-refractivity contribution in [1.82, 2.24) is 4.90 Å². The molecule has 0 fully saturated rings. The molecule has 1 aromatic carbocycles. The molecule has 0 spiro atoms. The molecule has 1 atom stereocenters. The van der Waals surface area contributed by atoms with E-state index in [0.717, 1.165) is 14.8 Å². The first-order valence-corrected chi connectivity index (χ1v) is 7.54. The number of carbonyl (C=O) groups excluding carboxylic acids is 1. The molecule has 1 aromatic heterocycles. The Kier molecular flexibility index (Phi) is 5.17. The van der Waals surface area contributed by atoms with E-state index in [1.165, 1.54) is 11.3 Å². The fourth-order valence-electron chi connectivity index (χ4n) is 1.99. The number of halogens is 1. The van der Waals surface area contributed by atoms with Crippen molar-refractivity contribution in [2.45, 2.75) is 19.0 Å². The SMILES string of the molecule is CN(Cc1ccc(Cl)s1)C(=O)[C@@H](N)Cc1ccccc1. The molecule has 3 nitrogen and oxygen atoms in total. The lowest BCUT2D eigenvalue weighted by Gasteiger charge is -2.20. The number of hydrogen-bond donors (Lipinski definition) is 1. The summed E-state index contributed by atoms with van der Waals surface area (Å²) >= 11 is 7.36. The lowest BCUT2D eigenvalue weighted by Crippen LogP contribution is -2.42. The zero-order chi connectivity index (χ0) is 14.5. The van der Waals surface area contributed by atoms with Gasteiger partial charge in [-0.25, -0.2) is 0 Å². The second-order valence-corrected chi connectivity index (χ2v) is 6.50. The maximum Gasteiger partial charge on any atom is 0.239 e. The third-order valence-corrected chi connectivity index (χ3v) is 4.23. The Hall–Kier alpha value is -1.36. The zero-order valence-corrected chi connectivity index (χ0v) is 12.8. The molecule has 1 amide bonds. The van der Waals surface area contributed by atoms with E-state index in [1.54, 1.807) is 11.9 Å². The van der Waals surface area contributed by atoms with Crippen molar-refractivity contribution in [2.75, 3.05) is 7.05 Å². The molecule has 2 N–H and O–H groups in total. The topological polar surface area (TPSA) is 46.3 Å². The number of amides is 1. The van der Waals surface area contributed by atoms with Gasteiger partial charge in [0.2, 0.25) is 5.91 Å². The molecule has 106 valence electrons. The summed E-state index contributed by atoms with van der Waals surface area (Å²) < 4.78 is 0.731. The van der Waals surface area contributed by atoms with Gasteiger partial charge in [0, 0.05) is 11.9 Å². The number of carbonyl (C=O) groups is 1. The van der Waals surface area contributed by atoms with Crippen LogP contribution >= 0.6 is 22.9 Å². The van der Waals surface area contributed by atoms with Crippen molar-refractivity contribution in [2.24, 2.45) is 5.73 Å². The standard InChI is InChI=1S/C15H17ClN2OS/c1-18(10-12-7-8-14(16)20-12)15(19)13(17)9-11-5-3-2-4-6-11/h2-8,13H,9-10,17H2,1H3/t13-/m0/s1. The van der Waals surface area contributed by atoms with E-state index in [4.69, 9.17) is 17.3 Å². The van der Waals surface area contributed by atoms with Gasteiger partial charge in [-0.15, -0.1) is 11.3 Å². The normalized spacial score (nSPS) is 12.2. The molecule has 5 heteroatoms. The third kappa shape index (κ3) is 4.07. The quantitative estimate of drug-likeness (QED) is 0.923. The van der Waals surface area contributed by atoms with E-state index < -0.39 is 6.04 Å². The number of likely N-dealkylation sites (N-methyl/N-ethyl adjacent to an activating group) is 1. The van der Waals surface area contributed by atoms with E-state index in [9.17, 15) is 4.79 Å². The summed E-state index contributed by atoms with van der Waals surface area (Å²) in [6.07, 6.45) is 0.551. The molecule has 2 aromatic rings. The highest BCUT2D eigenvalue weighted by Crippen LogP contribution is 2.22. The van der Waals surface area contributed by atoms with Crippen LogP contribution in [-0.4, -0.2) is 23.9 Å². The van der Waals surface area contributed by atoms with Crippen molar-refractivity contribution >= 4 is 28.8 Å². The first kappa shape index (κ1) is 15.0. The number of nitrogens with zero attached hydrogens (tertiary/aromatic N) is 1. The van der Waals surface area contributed by atoms with Crippen molar-refractivity contribution in [3.8, 4) is 0 Å². The predicted molar refractivity (Wildman–Crippen MR) is 83.9 cm³/mol. The van der Waals surface area contributed by atoms with Crippen LogP contribution in [0.15, 0.2) is 42.5 Å². The van der Waals surface area contributed by atoms with Crippen LogP contribution in [0.5, 0.6) is 0 Å². The minimum Gasteiger partial charge on any atom is -0.339 e. The lowest BCUT2D eigenvalue weighted by atomic mass is 10.1. The smallest absolute Gasteiger partial charge is 0.239 e. The van der Waals surface area contributed by atoms with Gasteiger partial charge in [-0.2, -0.15) is 0 Å². The van der Waals surface area contributed by atoms with Crippen LogP contribution in [0, 0.1) is 0 Å². The number of rotatable bonds is 5. The lowest BCUT2D eigenvalue weighted by molar-refractivity contribution is -0.131. The number of benzene rings is 1. The van der Waals surface area contributed by atoms with Gasteiger partial charge in [0.05, 0.1) is 16.9 Å². The molecule has 20 heavy (non-hydrogen) atoms. The largest absolute Gasteiger partial charge is 0.339 e. The second kappa shape index (κ2) is 6.88. The second-order valence-electron chi connectivity index (χ2n) is 4.70. The molecule has 1 heterocycles. The molecule has 0 aliphatic rings. The van der Waals surface area contributed by atoms with Crippen LogP contribution in [0.3, 0.4) is 0 Å². The Bertz CT molecular complexity index is 570. The Labute approximate surface area is 128 Å². The highest BCUT2D eigenvalue weighted by Gasteiger charge is 2.18. The highest BCUT2D eigenvalue weighted by molar-refractivity contribution is 7.16. The Morgan fingerprint density at radius 2 is 2.00 bits per heavy atom. The summed E-state index contributed by atoms with van der Waals surface area (Å²) in [5, 5.41) is 0. The fourth-order valence-corrected chi connectivity index (χ4v) is 3.13. The van der Waals surface area contributed by atoms with Gasteiger partial charge in [0.25, 0.3) is 0 Å². The maximum atomic E-state index is 12.2. The summed E-state index contributed by atoms with van der Waals surface area (Å²) in [5.74, 6) is -0.0571. The molecular formula is C15H17ClN2OS. The zero-order valence-electron chi connectivity index (χ0n) is 11.3. The maximum absolute atomic E-state index is 12.2. The molecule has 0 saturated carbocycles. The summed E-state index contributed by atoms with van der Waals surface area (Å²) in [5.41, 5.74) is 7.07. The first-order valence-electron chi connectivity index (χ1n) is 6.35. The number of hydrogen-bond acceptors (Lipinski definition) is 3. The van der Waals surface area contributed by atoms with Crippen molar-refractivity contribution < 1.29 is 4.79 Å². The van der Waals surface area contributed by atoms with Gasteiger partial charge < -0.3 is 10.6 Å². The van der Waals surface area contributed by atoms with Gasteiger partial charge in [-0.05, 0) is 24.1 Å². The Morgan fingerprint density at radius 3 is 2.60 bits per heavy atom. The van der Waals surface area contributed by atoms with Crippen LogP contribution in [0.25, 0.3) is 0 Å². The van der Waals surface area contributed by atoms with E-state index in [1.807, 2.05) is 42.5 Å². The van der Waals surface area contributed by atoms with E-state index in [-0.39, 0.29) is 5.91 Å². The molecule has 0 bridgehead atoms. The van der Waals surface area contributed by atoms with Crippen LogP contribution in [0.4, 0.5) is 0 Å². The van der Waals surface area contributed by atoms with Gasteiger partial charge in [-0.1, -0.05) is 41.9 Å². The van der Waals surface area contributed by atoms with E-state index >= 15 is 0 Å². The molecule has 0 aliphatic carbocycles. The fraction of sp³-hybridized carbons (Fsp3) is 0.267. The summed E-state index contributed by atoms with van der Waals surface area (Å²) in [6, 6.07) is 13.1. The van der Waals surface area contributed by atoms with Gasteiger partial charge >= 0.3 is 0 Å². The predicted octanol–water partition coefficient (Wildman–Crippen LogP) is 2.93. The average Bonchev–Trinajstić information content (AvgIpc) is 2.84. The van der Waals surface area contributed by atoms with Crippen molar-refractivity contribution in [1.29, 1.82) is 0 Å². The molecule has 0 aliphatic heterocycles. The molecule has 2 rings (SSSR count). The summed E-state index contributed by atoms with van der Waals surface area (Å²) in [7, 11) is 1.76. The monoisotopic (exact) mass is 308 g/mol. The highest BCUT2D eigenvalue weighted by atomic mass is 35.5. The number of thiophene rings is 1. The van der Waals surface area contributed by atoms with Crippen LogP contribution < -0.4 is 5.73 Å². The Morgan fingerprint density at radius 1 is 1.30 bits per heavy atom. The molecule has 0 unspecified atom stereocenters. The van der Waals surface area contributed by atoms with Gasteiger partial charge in [0.15, 0.2) is 0 Å². The molecule has 0 saturated heterocycles. The average molecular weight is 309 g/mol. The molecule has 0 radical (unpaired) electrons. The number of nitrogens with two attached hydrogens (primary N) is 1. The first-order chi connectivity index (χ1) is 9.56.